The smallest absolute Gasteiger partial charge is 0.128 e. The van der Waals surface area contributed by atoms with Crippen LogP contribution in [0.3, 0.4) is 0 Å². The highest BCUT2D eigenvalue weighted by Gasteiger charge is 2.38. The predicted molar refractivity (Wildman–Crippen MR) is 74.1 cm³/mol. The van der Waals surface area contributed by atoms with Crippen LogP contribution in [0.25, 0.3) is 0 Å². The lowest BCUT2D eigenvalue weighted by molar-refractivity contribution is 0.568. The van der Waals surface area contributed by atoms with Crippen LogP contribution in [-0.2, 0) is 10.1 Å². The highest BCUT2D eigenvalue weighted by Crippen LogP contribution is 2.30. The number of benzene rings is 1. The van der Waals surface area contributed by atoms with Gasteiger partial charge >= 0.3 is 0 Å². The molecule has 0 amide bonds. The second-order valence-corrected chi connectivity index (χ2v) is 7.40. The number of nitroso groups, excluding NO2 is 1. The molecule has 2 atom stereocenters. The van der Waals surface area contributed by atoms with Crippen LogP contribution < -0.4 is 11.1 Å². The average Bonchev–Trinajstić information content (AvgIpc) is 2.38. The van der Waals surface area contributed by atoms with E-state index in [-0.39, 0.29) is 17.2 Å². The highest BCUT2D eigenvalue weighted by molar-refractivity contribution is 8.03. The second-order valence-electron chi connectivity index (χ2n) is 4.59. The van der Waals surface area contributed by atoms with Crippen LogP contribution in [0.5, 0.6) is 0 Å². The Balaban J connectivity index is 2.41. The number of halogens is 1. The molecule has 1 aliphatic rings. The number of nitrogens with zero attached hydrogens (tertiary/aromatic N) is 1. The molecule has 0 aromatic heterocycles. The Hall–Kier alpha value is -1.83. The fourth-order valence-electron chi connectivity index (χ4n) is 2.08. The summed E-state index contributed by atoms with van der Waals surface area (Å²) < 4.78 is 28.8. The maximum atomic E-state index is 13.8. The molecule has 1 heterocycles. The van der Waals surface area contributed by atoms with Crippen molar-refractivity contribution >= 4 is 21.6 Å². The van der Waals surface area contributed by atoms with E-state index < -0.39 is 27.2 Å². The Morgan fingerprint density at radius 3 is 2.89 bits per heavy atom. The lowest BCUT2D eigenvalue weighted by atomic mass is 10.1. The summed E-state index contributed by atoms with van der Waals surface area (Å²) in [5.41, 5.74) is 6.15. The van der Waals surface area contributed by atoms with Crippen molar-refractivity contribution in [3.8, 4) is 0 Å². The van der Waals surface area contributed by atoms with Crippen molar-refractivity contribution in [3.05, 3.63) is 34.5 Å². The van der Waals surface area contributed by atoms with Gasteiger partial charge in [0.15, 0.2) is 0 Å². The van der Waals surface area contributed by atoms with Crippen LogP contribution in [0.15, 0.2) is 22.8 Å². The fraction of sp³-hybridized carbons (Fsp3) is 0.364. The van der Waals surface area contributed by atoms with Gasteiger partial charge in [0.2, 0.25) is 0 Å². The number of thiol groups is 1. The van der Waals surface area contributed by atoms with E-state index >= 15 is 0 Å². The molecule has 8 heteroatoms. The van der Waals surface area contributed by atoms with E-state index in [4.69, 9.17) is 11.1 Å². The van der Waals surface area contributed by atoms with E-state index in [1.54, 1.807) is 0 Å². The SMILES string of the molecule is CC1C(=N)NC(c2cc(N)ccc2F)C[SH]1(=O)N=O. The number of nitrogen functional groups attached to an aromatic ring is 1. The normalized spacial score (nSPS) is 27.4. The monoisotopic (exact) mass is 286 g/mol. The first-order valence-corrected chi connectivity index (χ1v) is 7.62. The minimum absolute atomic E-state index is 0.0685. The van der Waals surface area contributed by atoms with Crippen LogP contribution in [0.4, 0.5) is 10.1 Å². The van der Waals surface area contributed by atoms with Gasteiger partial charge in [0.05, 0.1) is 11.3 Å². The molecule has 6 nitrogen and oxygen atoms in total. The summed E-state index contributed by atoms with van der Waals surface area (Å²) in [7, 11) is -3.42. The zero-order valence-electron chi connectivity index (χ0n) is 10.3. The minimum atomic E-state index is -3.42. The third-order valence-electron chi connectivity index (χ3n) is 3.33. The molecule has 1 aliphatic heterocycles. The van der Waals surface area contributed by atoms with Gasteiger partial charge in [-0.15, -0.1) is 4.91 Å². The number of amidine groups is 1. The molecule has 1 aromatic rings. The van der Waals surface area contributed by atoms with E-state index in [2.05, 4.69) is 9.90 Å². The van der Waals surface area contributed by atoms with Crippen molar-refractivity contribution < 1.29 is 8.60 Å². The Morgan fingerprint density at radius 1 is 1.58 bits per heavy atom. The highest BCUT2D eigenvalue weighted by atomic mass is 32.3. The molecule has 1 aromatic carbocycles. The standard InChI is InChI=1S/C11H15FN4O2S/c1-6-11(14)15-10(5-19(6,18)16-17)8-4-7(13)2-3-9(8)12/h2-4,6,10,19H,5,13H2,1H3,(H2,14,15). The van der Waals surface area contributed by atoms with Crippen molar-refractivity contribution in [2.45, 2.75) is 18.2 Å². The van der Waals surface area contributed by atoms with E-state index in [1.807, 2.05) is 0 Å². The van der Waals surface area contributed by atoms with Gasteiger partial charge in [0.25, 0.3) is 0 Å². The van der Waals surface area contributed by atoms with Gasteiger partial charge in [0.1, 0.15) is 11.7 Å². The number of nitrogens with two attached hydrogens (primary N) is 1. The minimum Gasteiger partial charge on any atom is -0.399 e. The first-order valence-electron chi connectivity index (χ1n) is 5.71. The van der Waals surface area contributed by atoms with E-state index in [0.717, 1.165) is 0 Å². The van der Waals surface area contributed by atoms with Crippen LogP contribution >= 0.6 is 0 Å². The molecule has 19 heavy (non-hydrogen) atoms. The summed E-state index contributed by atoms with van der Waals surface area (Å²) in [4.78, 5) is 10.8. The molecule has 0 bridgehead atoms. The van der Waals surface area contributed by atoms with E-state index in [1.165, 1.54) is 25.1 Å². The molecule has 2 rings (SSSR count). The Kier molecular flexibility index (Phi) is 3.36. The van der Waals surface area contributed by atoms with Crippen LogP contribution in [0.1, 0.15) is 18.5 Å². The van der Waals surface area contributed by atoms with Crippen LogP contribution in [0, 0.1) is 16.1 Å². The number of nitrogens with one attached hydrogen (secondary N) is 2. The molecular formula is C11H15FN4O2S. The van der Waals surface area contributed by atoms with E-state index in [0.29, 0.717) is 5.69 Å². The van der Waals surface area contributed by atoms with Gasteiger partial charge in [-0.25, -0.2) is 4.39 Å². The van der Waals surface area contributed by atoms with Gasteiger partial charge < -0.3 is 11.1 Å². The van der Waals surface area contributed by atoms with Crippen molar-refractivity contribution in [1.82, 2.24) is 5.32 Å². The van der Waals surface area contributed by atoms with Crippen LogP contribution in [-0.4, -0.2) is 21.0 Å². The first-order chi connectivity index (χ1) is 8.87. The Morgan fingerprint density at radius 2 is 2.26 bits per heavy atom. The summed E-state index contributed by atoms with van der Waals surface area (Å²) in [6.45, 7) is 1.50. The number of hydrogen-bond acceptors (Lipinski definition) is 4. The summed E-state index contributed by atoms with van der Waals surface area (Å²) in [5, 5.41) is 9.72. The second kappa shape index (κ2) is 4.69. The van der Waals surface area contributed by atoms with Gasteiger partial charge in [0, 0.05) is 31.7 Å². The molecule has 104 valence electrons. The summed E-state index contributed by atoms with van der Waals surface area (Å²) >= 11 is 0. The molecule has 1 saturated heterocycles. The topological polar surface area (TPSA) is 108 Å². The first kappa shape index (κ1) is 13.6. The largest absolute Gasteiger partial charge is 0.399 e. The number of hydrogen-bond donors (Lipinski definition) is 4. The summed E-state index contributed by atoms with van der Waals surface area (Å²) in [6.07, 6.45) is 0. The average molecular weight is 286 g/mol. The maximum Gasteiger partial charge on any atom is 0.128 e. The van der Waals surface area contributed by atoms with Crippen molar-refractivity contribution in [1.29, 1.82) is 5.41 Å². The number of rotatable bonds is 2. The van der Waals surface area contributed by atoms with Gasteiger partial charge in [-0.2, -0.15) is 0 Å². The molecule has 0 radical (unpaired) electrons. The lowest BCUT2D eigenvalue weighted by Crippen LogP contribution is -2.51. The molecule has 1 fully saturated rings. The molecule has 0 spiro atoms. The third-order valence-corrected chi connectivity index (χ3v) is 5.96. The van der Waals surface area contributed by atoms with E-state index in [9.17, 15) is 13.5 Å². The molecular weight excluding hydrogens is 271 g/mol. The zero-order valence-corrected chi connectivity index (χ0v) is 11.2. The fourth-order valence-corrected chi connectivity index (χ4v) is 3.90. The van der Waals surface area contributed by atoms with Crippen molar-refractivity contribution in [2.24, 2.45) is 4.58 Å². The third kappa shape index (κ3) is 2.35. The quantitative estimate of drug-likeness (QED) is 0.371. The van der Waals surface area contributed by atoms with Crippen LogP contribution in [0.2, 0.25) is 0 Å². The van der Waals surface area contributed by atoms with Gasteiger partial charge in [-0.05, 0) is 25.1 Å². The number of anilines is 1. The Labute approximate surface area is 110 Å². The zero-order chi connectivity index (χ0) is 14.2. The molecule has 2 unspecified atom stereocenters. The Bertz CT molecular complexity index is 592. The summed E-state index contributed by atoms with van der Waals surface area (Å²) in [5.74, 6) is -0.701. The predicted octanol–water partition coefficient (Wildman–Crippen LogP) is 1.12. The molecule has 0 saturated carbocycles. The molecule has 4 N–H and O–H groups in total. The van der Waals surface area contributed by atoms with Crippen molar-refractivity contribution in [3.63, 3.8) is 0 Å². The van der Waals surface area contributed by atoms with Gasteiger partial charge in [-0.3, -0.25) is 9.62 Å². The summed E-state index contributed by atoms with van der Waals surface area (Å²) in [6, 6.07) is 3.29. The lowest BCUT2D eigenvalue weighted by Gasteiger charge is -2.36. The maximum absolute atomic E-state index is 13.8. The van der Waals surface area contributed by atoms with Crippen molar-refractivity contribution in [2.75, 3.05) is 11.5 Å². The van der Waals surface area contributed by atoms with Gasteiger partial charge in [-0.1, -0.05) is 0 Å². The molecule has 0 aliphatic carbocycles.